The molecule has 0 atom stereocenters. The summed E-state index contributed by atoms with van der Waals surface area (Å²) in [5.41, 5.74) is 0.602. The van der Waals surface area contributed by atoms with Gasteiger partial charge in [-0.2, -0.15) is 0 Å². The van der Waals surface area contributed by atoms with Crippen molar-refractivity contribution >= 4 is 16.7 Å². The molecule has 2 aromatic carbocycles. The molecule has 1 fully saturated rings. The molecule has 2 nitrogen and oxygen atoms in total. The Hall–Kier alpha value is -1.97. The summed E-state index contributed by atoms with van der Waals surface area (Å²) in [5.74, 6) is -2.75. The predicted molar refractivity (Wildman–Crippen MR) is 78.6 cm³/mol. The lowest BCUT2D eigenvalue weighted by atomic mass is 9.92. The molecule has 2 aromatic rings. The Labute approximate surface area is 122 Å². The zero-order chi connectivity index (χ0) is 14.9. The maximum absolute atomic E-state index is 13.1. The minimum Gasteiger partial charge on any atom is -0.349 e. The van der Waals surface area contributed by atoms with E-state index in [1.165, 1.54) is 0 Å². The molecule has 0 heterocycles. The standard InChI is InChI=1S/C17H17F2NO/c18-17(19)10-8-13(9-11-17)20-16(21)15-7-3-5-12-4-1-2-6-14(12)15/h1-7,13H,8-11H2,(H,20,21). The summed E-state index contributed by atoms with van der Waals surface area (Å²) in [6, 6.07) is 13.1. The molecule has 0 unspecified atom stereocenters. The number of carbonyl (C=O) groups is 1. The van der Waals surface area contributed by atoms with E-state index in [1.54, 1.807) is 6.07 Å². The second-order valence-electron chi connectivity index (χ2n) is 5.63. The number of amides is 1. The van der Waals surface area contributed by atoms with Gasteiger partial charge >= 0.3 is 0 Å². The Bertz CT molecular complexity index is 653. The van der Waals surface area contributed by atoms with E-state index in [2.05, 4.69) is 5.32 Å². The van der Waals surface area contributed by atoms with E-state index in [-0.39, 0.29) is 24.8 Å². The summed E-state index contributed by atoms with van der Waals surface area (Å²) in [7, 11) is 0. The predicted octanol–water partition coefficient (Wildman–Crippen LogP) is 4.15. The fraction of sp³-hybridized carbons (Fsp3) is 0.353. The Morgan fingerprint density at radius 1 is 1.05 bits per heavy atom. The van der Waals surface area contributed by atoms with Crippen molar-refractivity contribution in [3.05, 3.63) is 48.0 Å². The second kappa shape index (κ2) is 5.43. The first kappa shape index (κ1) is 14.0. The molecule has 0 bridgehead atoms. The van der Waals surface area contributed by atoms with E-state index in [9.17, 15) is 13.6 Å². The number of rotatable bonds is 2. The lowest BCUT2D eigenvalue weighted by Gasteiger charge is -2.28. The summed E-state index contributed by atoms with van der Waals surface area (Å²) in [6.45, 7) is 0. The van der Waals surface area contributed by atoms with Gasteiger partial charge < -0.3 is 5.32 Å². The lowest BCUT2D eigenvalue weighted by molar-refractivity contribution is -0.0399. The molecular formula is C17H17F2NO. The second-order valence-corrected chi connectivity index (χ2v) is 5.63. The van der Waals surface area contributed by atoms with Crippen molar-refractivity contribution in [3.8, 4) is 0 Å². The molecule has 1 amide bonds. The first-order valence-electron chi connectivity index (χ1n) is 7.22. The summed E-state index contributed by atoms with van der Waals surface area (Å²) in [4.78, 5) is 12.4. The quantitative estimate of drug-likeness (QED) is 0.884. The highest BCUT2D eigenvalue weighted by Gasteiger charge is 2.35. The van der Waals surface area contributed by atoms with Crippen LogP contribution in [0.4, 0.5) is 8.78 Å². The smallest absolute Gasteiger partial charge is 0.252 e. The van der Waals surface area contributed by atoms with Gasteiger partial charge in [0.1, 0.15) is 0 Å². The molecule has 1 aliphatic rings. The van der Waals surface area contributed by atoms with Crippen LogP contribution in [0.15, 0.2) is 42.5 Å². The highest BCUT2D eigenvalue weighted by atomic mass is 19.3. The molecule has 1 saturated carbocycles. The summed E-state index contributed by atoms with van der Waals surface area (Å²) in [6.07, 6.45) is 0.383. The van der Waals surface area contributed by atoms with Crippen LogP contribution >= 0.6 is 0 Å². The lowest BCUT2D eigenvalue weighted by Crippen LogP contribution is -2.40. The van der Waals surface area contributed by atoms with Crippen LogP contribution in [-0.4, -0.2) is 17.9 Å². The first-order chi connectivity index (χ1) is 10.1. The van der Waals surface area contributed by atoms with Gasteiger partial charge in [-0.05, 0) is 29.7 Å². The van der Waals surface area contributed by atoms with E-state index < -0.39 is 5.92 Å². The van der Waals surface area contributed by atoms with Gasteiger partial charge in [0.15, 0.2) is 0 Å². The summed E-state index contributed by atoms with van der Waals surface area (Å²) >= 11 is 0. The van der Waals surface area contributed by atoms with Crippen LogP contribution in [0.3, 0.4) is 0 Å². The fourth-order valence-electron chi connectivity index (χ4n) is 2.87. The van der Waals surface area contributed by atoms with Gasteiger partial charge in [-0.1, -0.05) is 36.4 Å². The molecule has 0 spiro atoms. The number of hydrogen-bond acceptors (Lipinski definition) is 1. The van der Waals surface area contributed by atoms with E-state index in [1.807, 2.05) is 36.4 Å². The van der Waals surface area contributed by atoms with Gasteiger partial charge in [-0.3, -0.25) is 4.79 Å². The zero-order valence-electron chi connectivity index (χ0n) is 11.6. The summed E-state index contributed by atoms with van der Waals surface area (Å²) < 4.78 is 26.3. The van der Waals surface area contributed by atoms with Crippen LogP contribution in [0.25, 0.3) is 10.8 Å². The largest absolute Gasteiger partial charge is 0.349 e. The molecule has 0 saturated heterocycles. The molecule has 110 valence electrons. The zero-order valence-corrected chi connectivity index (χ0v) is 11.6. The average molecular weight is 289 g/mol. The molecule has 0 radical (unpaired) electrons. The van der Waals surface area contributed by atoms with Gasteiger partial charge in [0.25, 0.3) is 5.91 Å². The minimum absolute atomic E-state index is 0.145. The van der Waals surface area contributed by atoms with Gasteiger partial charge in [0.05, 0.1) is 0 Å². The first-order valence-corrected chi connectivity index (χ1v) is 7.22. The molecule has 21 heavy (non-hydrogen) atoms. The van der Waals surface area contributed by atoms with Gasteiger partial charge in [-0.25, -0.2) is 8.78 Å². The third-order valence-electron chi connectivity index (χ3n) is 4.09. The number of halogens is 2. The average Bonchev–Trinajstić information content (AvgIpc) is 2.49. The minimum atomic E-state index is -2.57. The molecule has 1 N–H and O–H groups in total. The van der Waals surface area contributed by atoms with E-state index in [4.69, 9.17) is 0 Å². The molecule has 3 rings (SSSR count). The van der Waals surface area contributed by atoms with Crippen LogP contribution in [0.5, 0.6) is 0 Å². The number of alkyl halides is 2. The van der Waals surface area contributed by atoms with Gasteiger partial charge in [0, 0.05) is 24.4 Å². The maximum Gasteiger partial charge on any atom is 0.252 e. The molecule has 0 aliphatic heterocycles. The topological polar surface area (TPSA) is 29.1 Å². The highest BCUT2D eigenvalue weighted by Crippen LogP contribution is 2.33. The highest BCUT2D eigenvalue weighted by molar-refractivity contribution is 6.07. The van der Waals surface area contributed by atoms with Crippen LogP contribution in [0.1, 0.15) is 36.0 Å². The van der Waals surface area contributed by atoms with Crippen molar-refractivity contribution in [1.29, 1.82) is 0 Å². The van der Waals surface area contributed by atoms with Crippen LogP contribution in [0, 0.1) is 0 Å². The number of hydrogen-bond donors (Lipinski definition) is 1. The van der Waals surface area contributed by atoms with Crippen molar-refractivity contribution < 1.29 is 13.6 Å². The van der Waals surface area contributed by atoms with Crippen molar-refractivity contribution in [1.82, 2.24) is 5.32 Å². The number of nitrogens with one attached hydrogen (secondary N) is 1. The normalized spacial score (nSPS) is 18.6. The third kappa shape index (κ3) is 3.04. The van der Waals surface area contributed by atoms with Crippen molar-refractivity contribution in [2.75, 3.05) is 0 Å². The molecule has 1 aliphatic carbocycles. The maximum atomic E-state index is 13.1. The Morgan fingerprint density at radius 3 is 2.48 bits per heavy atom. The SMILES string of the molecule is O=C(NC1CCC(F)(F)CC1)c1cccc2ccccc12. The van der Waals surface area contributed by atoms with E-state index in [0.29, 0.717) is 18.4 Å². The van der Waals surface area contributed by atoms with Crippen molar-refractivity contribution in [2.24, 2.45) is 0 Å². The number of fused-ring (bicyclic) bond motifs is 1. The Morgan fingerprint density at radius 2 is 1.71 bits per heavy atom. The molecular weight excluding hydrogens is 272 g/mol. The number of benzene rings is 2. The van der Waals surface area contributed by atoms with Crippen molar-refractivity contribution in [2.45, 2.75) is 37.6 Å². The monoisotopic (exact) mass is 289 g/mol. The van der Waals surface area contributed by atoms with E-state index in [0.717, 1.165) is 10.8 Å². The molecule has 4 heteroatoms. The van der Waals surface area contributed by atoms with Crippen LogP contribution < -0.4 is 5.32 Å². The number of carbonyl (C=O) groups excluding carboxylic acids is 1. The van der Waals surface area contributed by atoms with E-state index >= 15 is 0 Å². The van der Waals surface area contributed by atoms with Crippen LogP contribution in [0.2, 0.25) is 0 Å². The van der Waals surface area contributed by atoms with Crippen LogP contribution in [-0.2, 0) is 0 Å². The Balaban J connectivity index is 1.76. The van der Waals surface area contributed by atoms with Gasteiger partial charge in [0.2, 0.25) is 5.92 Å². The summed E-state index contributed by atoms with van der Waals surface area (Å²) in [5, 5.41) is 4.78. The van der Waals surface area contributed by atoms with Crippen molar-refractivity contribution in [3.63, 3.8) is 0 Å². The fourth-order valence-corrected chi connectivity index (χ4v) is 2.87. The van der Waals surface area contributed by atoms with Gasteiger partial charge in [-0.15, -0.1) is 0 Å². The Kier molecular flexibility index (Phi) is 3.62. The molecule has 0 aromatic heterocycles. The third-order valence-corrected chi connectivity index (χ3v) is 4.09.